The molecule has 3 N–H and O–H groups in total. The first-order valence-electron chi connectivity index (χ1n) is 16.2. The monoisotopic (exact) mass is 675 g/mol. The molecule has 0 radical (unpaired) electrons. The molecule has 11 heteroatoms. The van der Waals surface area contributed by atoms with Crippen LogP contribution in [0.15, 0.2) is 91.0 Å². The average molecular weight is 676 g/mol. The summed E-state index contributed by atoms with van der Waals surface area (Å²) in [7, 11) is 0. The number of hydrogen-bond donors (Lipinski definition) is 3. The lowest BCUT2D eigenvalue weighted by Gasteiger charge is -2.36. The maximum Gasteiger partial charge on any atom is 0.407 e. The summed E-state index contributed by atoms with van der Waals surface area (Å²) in [5, 5.41) is 8.50. The quantitative estimate of drug-likeness (QED) is 0.0841. The highest BCUT2D eigenvalue weighted by Crippen LogP contribution is 2.48. The Labute approximate surface area is 286 Å². The second-order valence-electron chi connectivity index (χ2n) is 12.3. The number of amides is 3. The molecule has 0 unspecified atom stereocenters. The van der Waals surface area contributed by atoms with Crippen molar-refractivity contribution < 1.29 is 33.4 Å². The van der Waals surface area contributed by atoms with Gasteiger partial charge in [0.25, 0.3) is 5.91 Å². The fourth-order valence-corrected chi connectivity index (χ4v) is 6.78. The van der Waals surface area contributed by atoms with Crippen LogP contribution in [0, 0.1) is 0 Å². The summed E-state index contributed by atoms with van der Waals surface area (Å²) in [4.78, 5) is 51.1. The maximum absolute atomic E-state index is 13.7. The fourth-order valence-electron chi connectivity index (χ4n) is 5.22. The highest BCUT2D eigenvalue weighted by atomic mass is 32.2. The SMILES string of the molecule is CCOC(=O)[C@H]1O[C@@H]1C(=O)N[C@@H](CSC(c1ccccc1)(c1ccccc1)c1ccccc1)C(=O)NCCCCNC(=O)OC(C)(C)C. The number of hydrogen-bond acceptors (Lipinski definition) is 8. The van der Waals surface area contributed by atoms with Gasteiger partial charge in [-0.2, -0.15) is 0 Å². The van der Waals surface area contributed by atoms with Crippen LogP contribution in [0.3, 0.4) is 0 Å². The number of carbonyl (C=O) groups is 4. The number of esters is 1. The zero-order valence-corrected chi connectivity index (χ0v) is 28.7. The Morgan fingerprint density at radius 1 is 0.771 bits per heavy atom. The van der Waals surface area contributed by atoms with Crippen molar-refractivity contribution in [3.8, 4) is 0 Å². The standard InChI is InChI=1S/C37H45N3O7S/c1-5-45-34(43)31-30(46-31)33(42)40-29(32(41)38-23-15-16-24-39-35(44)47-36(2,3)4)25-48-37(26-17-9-6-10-18-26,27-19-11-7-12-20-27)28-21-13-8-14-22-28/h6-14,17-22,29-31H,5,15-16,23-25H2,1-4H3,(H,38,41)(H,39,44)(H,40,42)/t29-,30-,31-/m0/s1. The van der Waals surface area contributed by atoms with Gasteiger partial charge in [0.1, 0.15) is 11.6 Å². The first-order valence-corrected chi connectivity index (χ1v) is 17.2. The first-order chi connectivity index (χ1) is 23.0. The Balaban J connectivity index is 1.52. The third-order valence-corrected chi connectivity index (χ3v) is 9.12. The largest absolute Gasteiger partial charge is 0.464 e. The fraction of sp³-hybridized carbons (Fsp3) is 0.405. The second kappa shape index (κ2) is 17.2. The zero-order chi connectivity index (χ0) is 34.6. The van der Waals surface area contributed by atoms with Gasteiger partial charge in [-0.15, -0.1) is 11.8 Å². The van der Waals surface area contributed by atoms with Gasteiger partial charge in [-0.05, 0) is 57.2 Å². The summed E-state index contributed by atoms with van der Waals surface area (Å²) < 4.78 is 14.9. The third-order valence-electron chi connectivity index (χ3n) is 7.48. The van der Waals surface area contributed by atoms with Gasteiger partial charge in [0.15, 0.2) is 12.2 Å². The van der Waals surface area contributed by atoms with Crippen LogP contribution >= 0.6 is 11.8 Å². The molecule has 4 rings (SSSR count). The molecule has 3 atom stereocenters. The van der Waals surface area contributed by atoms with Crippen molar-refractivity contribution in [3.63, 3.8) is 0 Å². The molecule has 256 valence electrons. The molecule has 3 amide bonds. The summed E-state index contributed by atoms with van der Waals surface area (Å²) in [6, 6.07) is 29.2. The van der Waals surface area contributed by atoms with Crippen molar-refractivity contribution in [2.24, 2.45) is 0 Å². The number of benzene rings is 3. The molecular formula is C37H45N3O7S. The molecule has 3 aromatic carbocycles. The van der Waals surface area contributed by atoms with Gasteiger partial charge in [-0.1, -0.05) is 91.0 Å². The summed E-state index contributed by atoms with van der Waals surface area (Å²) in [6.45, 7) is 7.96. The lowest BCUT2D eigenvalue weighted by Crippen LogP contribution is -2.50. The number of unbranched alkanes of at least 4 members (excludes halogenated alkanes) is 1. The molecule has 1 fully saturated rings. The number of alkyl carbamates (subject to hydrolysis) is 1. The third kappa shape index (κ3) is 10.1. The van der Waals surface area contributed by atoms with Crippen LogP contribution in [-0.4, -0.2) is 73.2 Å². The molecule has 0 saturated carbocycles. The molecule has 1 aliphatic rings. The van der Waals surface area contributed by atoms with E-state index in [-0.39, 0.29) is 18.3 Å². The van der Waals surface area contributed by atoms with Gasteiger partial charge in [0.05, 0.1) is 11.4 Å². The molecular weight excluding hydrogens is 630 g/mol. The van der Waals surface area contributed by atoms with Crippen LogP contribution in [0.1, 0.15) is 57.2 Å². The molecule has 10 nitrogen and oxygen atoms in total. The van der Waals surface area contributed by atoms with Gasteiger partial charge < -0.3 is 30.2 Å². The van der Waals surface area contributed by atoms with E-state index in [1.165, 1.54) is 11.8 Å². The van der Waals surface area contributed by atoms with Gasteiger partial charge in [-0.3, -0.25) is 9.59 Å². The summed E-state index contributed by atoms with van der Waals surface area (Å²) in [6.07, 6.45) is -1.30. The number of nitrogens with one attached hydrogen (secondary N) is 3. The number of carbonyl (C=O) groups excluding carboxylic acids is 4. The number of thioether (sulfide) groups is 1. The van der Waals surface area contributed by atoms with Crippen LogP contribution in [-0.2, 0) is 33.3 Å². The summed E-state index contributed by atoms with van der Waals surface area (Å²) in [5.74, 6) is -1.33. The van der Waals surface area contributed by atoms with Crippen molar-refractivity contribution in [3.05, 3.63) is 108 Å². The first kappa shape index (κ1) is 36.5. The number of rotatable bonds is 16. The molecule has 1 aliphatic heterocycles. The molecule has 0 spiro atoms. The van der Waals surface area contributed by atoms with E-state index in [1.54, 1.807) is 27.7 Å². The molecule has 0 aliphatic carbocycles. The maximum atomic E-state index is 13.7. The van der Waals surface area contributed by atoms with E-state index < -0.39 is 46.6 Å². The van der Waals surface area contributed by atoms with Crippen molar-refractivity contribution >= 4 is 35.6 Å². The molecule has 0 aromatic heterocycles. The van der Waals surface area contributed by atoms with Crippen LogP contribution < -0.4 is 16.0 Å². The average Bonchev–Trinajstić information content (AvgIpc) is 3.88. The Morgan fingerprint density at radius 3 is 1.75 bits per heavy atom. The Morgan fingerprint density at radius 2 is 1.27 bits per heavy atom. The predicted octanol–water partition coefficient (Wildman–Crippen LogP) is 4.95. The lowest BCUT2D eigenvalue weighted by molar-refractivity contribution is -0.144. The Kier molecular flexibility index (Phi) is 13.0. The number of ether oxygens (including phenoxy) is 3. The lowest BCUT2D eigenvalue weighted by atomic mass is 9.84. The van der Waals surface area contributed by atoms with E-state index >= 15 is 0 Å². The van der Waals surface area contributed by atoms with Gasteiger partial charge in [0, 0.05) is 18.8 Å². The van der Waals surface area contributed by atoms with E-state index in [0.29, 0.717) is 25.9 Å². The normalized spacial score (nSPS) is 16.2. The molecule has 1 heterocycles. The summed E-state index contributed by atoms with van der Waals surface area (Å²) in [5.41, 5.74) is 2.46. The molecule has 0 bridgehead atoms. The van der Waals surface area contributed by atoms with Gasteiger partial charge >= 0.3 is 12.1 Å². The smallest absolute Gasteiger partial charge is 0.407 e. The van der Waals surface area contributed by atoms with Crippen molar-refractivity contribution in [2.75, 3.05) is 25.4 Å². The Bertz CT molecular complexity index is 1400. The van der Waals surface area contributed by atoms with Crippen molar-refractivity contribution in [1.29, 1.82) is 0 Å². The minimum Gasteiger partial charge on any atom is -0.464 e. The summed E-state index contributed by atoms with van der Waals surface area (Å²) >= 11 is 1.54. The van der Waals surface area contributed by atoms with E-state index in [0.717, 1.165) is 16.7 Å². The van der Waals surface area contributed by atoms with Crippen molar-refractivity contribution in [1.82, 2.24) is 16.0 Å². The van der Waals surface area contributed by atoms with Crippen LogP contribution in [0.5, 0.6) is 0 Å². The Hall–Kier alpha value is -4.35. The van der Waals surface area contributed by atoms with Crippen LogP contribution in [0.4, 0.5) is 4.79 Å². The van der Waals surface area contributed by atoms with E-state index in [9.17, 15) is 19.2 Å². The van der Waals surface area contributed by atoms with E-state index in [4.69, 9.17) is 14.2 Å². The topological polar surface area (TPSA) is 135 Å². The molecule has 48 heavy (non-hydrogen) atoms. The molecule has 3 aromatic rings. The highest BCUT2D eigenvalue weighted by molar-refractivity contribution is 8.00. The highest BCUT2D eigenvalue weighted by Gasteiger charge is 2.52. The van der Waals surface area contributed by atoms with Gasteiger partial charge in [-0.25, -0.2) is 9.59 Å². The number of epoxide rings is 1. The predicted molar refractivity (Wildman–Crippen MR) is 185 cm³/mol. The van der Waals surface area contributed by atoms with E-state index in [1.807, 2.05) is 54.6 Å². The second-order valence-corrected chi connectivity index (χ2v) is 13.5. The minimum atomic E-state index is -1.02. The van der Waals surface area contributed by atoms with Crippen LogP contribution in [0.25, 0.3) is 0 Å². The van der Waals surface area contributed by atoms with Crippen LogP contribution in [0.2, 0.25) is 0 Å². The van der Waals surface area contributed by atoms with E-state index in [2.05, 4.69) is 52.3 Å². The zero-order valence-electron chi connectivity index (χ0n) is 27.9. The van der Waals surface area contributed by atoms with Gasteiger partial charge in [0.2, 0.25) is 5.91 Å². The minimum absolute atomic E-state index is 0.169. The molecule has 1 saturated heterocycles. The van der Waals surface area contributed by atoms with Crippen molar-refractivity contribution in [2.45, 2.75) is 69.1 Å².